The highest BCUT2D eigenvalue weighted by atomic mass is 32.1. The van der Waals surface area contributed by atoms with Crippen molar-refractivity contribution < 1.29 is 9.47 Å². The van der Waals surface area contributed by atoms with E-state index in [0.29, 0.717) is 5.11 Å². The Morgan fingerprint density at radius 1 is 1.19 bits per heavy atom. The van der Waals surface area contributed by atoms with Gasteiger partial charge in [0.05, 0.1) is 0 Å². The molecule has 16 heavy (non-hydrogen) atoms. The fraction of sp³-hybridized carbons (Fsp3) is 0.364. The SMILES string of the molecule is COC(NC(=S)Nc1ccc(C)cc1)OC. The van der Waals surface area contributed by atoms with E-state index in [2.05, 4.69) is 10.6 Å². The Kier molecular flexibility index (Phi) is 5.18. The zero-order chi connectivity index (χ0) is 12.0. The van der Waals surface area contributed by atoms with Crippen LogP contribution in [-0.4, -0.2) is 25.7 Å². The molecule has 0 aliphatic heterocycles. The highest BCUT2D eigenvalue weighted by molar-refractivity contribution is 7.80. The van der Waals surface area contributed by atoms with Gasteiger partial charge >= 0.3 is 0 Å². The van der Waals surface area contributed by atoms with Crippen LogP contribution < -0.4 is 10.6 Å². The molecular weight excluding hydrogens is 224 g/mol. The number of methoxy groups -OCH3 is 2. The quantitative estimate of drug-likeness (QED) is 0.621. The second-order valence-electron chi connectivity index (χ2n) is 3.27. The molecule has 0 unspecified atom stereocenters. The lowest BCUT2D eigenvalue weighted by molar-refractivity contribution is -0.111. The minimum atomic E-state index is -0.537. The number of benzene rings is 1. The van der Waals surface area contributed by atoms with Crippen LogP contribution in [0.5, 0.6) is 0 Å². The summed E-state index contributed by atoms with van der Waals surface area (Å²) in [5, 5.41) is 6.34. The van der Waals surface area contributed by atoms with Crippen molar-refractivity contribution in [3.63, 3.8) is 0 Å². The topological polar surface area (TPSA) is 42.5 Å². The number of aryl methyl sites for hydroxylation is 1. The van der Waals surface area contributed by atoms with Crippen molar-refractivity contribution in [1.82, 2.24) is 5.32 Å². The van der Waals surface area contributed by atoms with E-state index in [9.17, 15) is 0 Å². The molecule has 0 atom stereocenters. The zero-order valence-corrected chi connectivity index (χ0v) is 10.4. The van der Waals surface area contributed by atoms with Gasteiger partial charge in [-0.3, -0.25) is 0 Å². The first-order chi connectivity index (χ1) is 7.65. The Labute approximate surface area is 101 Å². The highest BCUT2D eigenvalue weighted by Gasteiger charge is 2.06. The molecule has 1 rings (SSSR count). The Morgan fingerprint density at radius 3 is 2.25 bits per heavy atom. The standard InChI is InChI=1S/C11H16N2O2S/c1-8-4-6-9(7-5-8)12-10(16)13-11(14-2)15-3/h4-7,11H,1-3H3,(H2,12,13,16). The maximum atomic E-state index is 5.10. The van der Waals surface area contributed by atoms with E-state index in [4.69, 9.17) is 21.7 Å². The molecule has 0 bridgehead atoms. The smallest absolute Gasteiger partial charge is 0.239 e. The summed E-state index contributed by atoms with van der Waals surface area (Å²) in [6.45, 7) is 2.03. The average Bonchev–Trinajstić information content (AvgIpc) is 2.29. The first-order valence-electron chi connectivity index (χ1n) is 4.85. The number of hydrogen-bond acceptors (Lipinski definition) is 3. The van der Waals surface area contributed by atoms with Gasteiger partial charge in [0.1, 0.15) is 0 Å². The molecular formula is C11H16N2O2S. The highest BCUT2D eigenvalue weighted by Crippen LogP contribution is 2.08. The first-order valence-corrected chi connectivity index (χ1v) is 5.26. The fourth-order valence-corrected chi connectivity index (χ4v) is 1.34. The lowest BCUT2D eigenvalue weighted by atomic mass is 10.2. The van der Waals surface area contributed by atoms with Gasteiger partial charge in [0.25, 0.3) is 0 Å². The molecule has 88 valence electrons. The molecule has 0 aliphatic rings. The van der Waals surface area contributed by atoms with Crippen molar-refractivity contribution in [1.29, 1.82) is 0 Å². The predicted octanol–water partition coefficient (Wildman–Crippen LogP) is 1.86. The minimum Gasteiger partial charge on any atom is -0.339 e. The fourth-order valence-electron chi connectivity index (χ4n) is 1.13. The van der Waals surface area contributed by atoms with Gasteiger partial charge in [0.2, 0.25) is 6.41 Å². The summed E-state index contributed by atoms with van der Waals surface area (Å²) in [5.74, 6) is 0. The second-order valence-corrected chi connectivity index (χ2v) is 3.68. The Morgan fingerprint density at radius 2 is 1.75 bits per heavy atom. The normalized spacial score (nSPS) is 10.2. The van der Waals surface area contributed by atoms with Gasteiger partial charge < -0.3 is 20.1 Å². The number of nitrogens with one attached hydrogen (secondary N) is 2. The van der Waals surface area contributed by atoms with Crippen LogP contribution in [0, 0.1) is 6.92 Å². The molecule has 0 fully saturated rings. The maximum absolute atomic E-state index is 5.10. The third kappa shape index (κ3) is 4.14. The van der Waals surface area contributed by atoms with E-state index in [-0.39, 0.29) is 0 Å². The molecule has 1 aromatic carbocycles. The van der Waals surface area contributed by atoms with Crippen LogP contribution in [0.15, 0.2) is 24.3 Å². The van der Waals surface area contributed by atoms with Crippen LogP contribution >= 0.6 is 12.2 Å². The number of thiocarbonyl (C=S) groups is 1. The molecule has 1 aromatic rings. The van der Waals surface area contributed by atoms with E-state index in [1.807, 2.05) is 31.2 Å². The number of hydrogen-bond donors (Lipinski definition) is 2. The summed E-state index contributed by atoms with van der Waals surface area (Å²) in [7, 11) is 3.07. The van der Waals surface area contributed by atoms with Gasteiger partial charge in [-0.05, 0) is 31.3 Å². The molecule has 0 heterocycles. The molecule has 0 aromatic heterocycles. The average molecular weight is 240 g/mol. The van der Waals surface area contributed by atoms with Gasteiger partial charge in [0.15, 0.2) is 5.11 Å². The molecule has 0 saturated carbocycles. The lowest BCUT2D eigenvalue weighted by Crippen LogP contribution is -2.40. The lowest BCUT2D eigenvalue weighted by Gasteiger charge is -2.17. The molecule has 0 aliphatic carbocycles. The van der Waals surface area contributed by atoms with Crippen molar-refractivity contribution in [3.8, 4) is 0 Å². The zero-order valence-electron chi connectivity index (χ0n) is 9.61. The van der Waals surface area contributed by atoms with Crippen molar-refractivity contribution in [2.75, 3.05) is 19.5 Å². The maximum Gasteiger partial charge on any atom is 0.239 e. The van der Waals surface area contributed by atoms with Gasteiger partial charge in [-0.25, -0.2) is 0 Å². The summed E-state index contributed by atoms with van der Waals surface area (Å²) in [5.41, 5.74) is 2.13. The molecule has 5 heteroatoms. The van der Waals surface area contributed by atoms with Crippen LogP contribution in [0.3, 0.4) is 0 Å². The predicted molar refractivity (Wildman–Crippen MR) is 68.3 cm³/mol. The monoisotopic (exact) mass is 240 g/mol. The van der Waals surface area contributed by atoms with Crippen molar-refractivity contribution in [2.24, 2.45) is 0 Å². The summed E-state index contributed by atoms with van der Waals surface area (Å²) in [6.07, 6.45) is -0.537. The van der Waals surface area contributed by atoms with Gasteiger partial charge in [0, 0.05) is 19.9 Å². The Balaban J connectivity index is 2.48. The molecule has 2 N–H and O–H groups in total. The van der Waals surface area contributed by atoms with Crippen LogP contribution in [0.4, 0.5) is 5.69 Å². The van der Waals surface area contributed by atoms with E-state index in [0.717, 1.165) is 5.69 Å². The first kappa shape index (κ1) is 12.9. The van der Waals surface area contributed by atoms with E-state index in [1.165, 1.54) is 19.8 Å². The van der Waals surface area contributed by atoms with Crippen LogP contribution in [0.25, 0.3) is 0 Å². The third-order valence-corrected chi connectivity index (χ3v) is 2.21. The Bertz CT molecular complexity index is 336. The van der Waals surface area contributed by atoms with Crippen molar-refractivity contribution in [3.05, 3.63) is 29.8 Å². The molecule has 0 radical (unpaired) electrons. The number of ether oxygens (including phenoxy) is 2. The van der Waals surface area contributed by atoms with Gasteiger partial charge in [-0.15, -0.1) is 0 Å². The molecule has 4 nitrogen and oxygen atoms in total. The molecule has 0 spiro atoms. The third-order valence-electron chi connectivity index (χ3n) is 1.99. The second kappa shape index (κ2) is 6.42. The van der Waals surface area contributed by atoms with E-state index >= 15 is 0 Å². The number of anilines is 1. The summed E-state index contributed by atoms with van der Waals surface area (Å²) in [4.78, 5) is 0. The summed E-state index contributed by atoms with van der Waals surface area (Å²) < 4.78 is 9.93. The van der Waals surface area contributed by atoms with Gasteiger partial charge in [-0.2, -0.15) is 0 Å². The summed E-state index contributed by atoms with van der Waals surface area (Å²) >= 11 is 5.10. The van der Waals surface area contributed by atoms with E-state index in [1.54, 1.807) is 0 Å². The number of rotatable bonds is 4. The Hall–Kier alpha value is -1.17. The van der Waals surface area contributed by atoms with Crippen molar-refractivity contribution in [2.45, 2.75) is 13.3 Å². The summed E-state index contributed by atoms with van der Waals surface area (Å²) in [6, 6.07) is 7.93. The van der Waals surface area contributed by atoms with Crippen LogP contribution in [0.2, 0.25) is 0 Å². The molecule has 0 saturated heterocycles. The largest absolute Gasteiger partial charge is 0.339 e. The minimum absolute atomic E-state index is 0.456. The van der Waals surface area contributed by atoms with Gasteiger partial charge in [-0.1, -0.05) is 17.7 Å². The van der Waals surface area contributed by atoms with E-state index < -0.39 is 6.41 Å². The van der Waals surface area contributed by atoms with Crippen molar-refractivity contribution >= 4 is 23.0 Å². The molecule has 0 amide bonds. The van der Waals surface area contributed by atoms with Crippen LogP contribution in [0.1, 0.15) is 5.56 Å². The van der Waals surface area contributed by atoms with Crippen LogP contribution in [-0.2, 0) is 9.47 Å².